The number of thiazole rings is 1. The number of hydrogen-bond donors (Lipinski definition) is 1. The molecule has 2 aromatic heterocycles. The third-order valence-electron chi connectivity index (χ3n) is 2.92. The highest BCUT2D eigenvalue weighted by Crippen LogP contribution is 2.27. The van der Waals surface area contributed by atoms with Crippen LogP contribution in [0, 0.1) is 13.8 Å². The fraction of sp³-hybridized carbons (Fsp3) is 0.385. The Labute approximate surface area is 106 Å². The van der Waals surface area contributed by atoms with Gasteiger partial charge in [0.1, 0.15) is 5.01 Å². The number of rotatable bonds is 3. The van der Waals surface area contributed by atoms with Crippen molar-refractivity contribution >= 4 is 11.3 Å². The predicted molar refractivity (Wildman–Crippen MR) is 71.2 cm³/mol. The highest BCUT2D eigenvalue weighted by atomic mass is 32.1. The zero-order valence-electron chi connectivity index (χ0n) is 10.4. The maximum atomic E-state index is 6.26. The lowest BCUT2D eigenvalue weighted by molar-refractivity contribution is 0.829. The van der Waals surface area contributed by atoms with E-state index < -0.39 is 0 Å². The Morgan fingerprint density at radius 2 is 2.18 bits per heavy atom. The molecule has 1 unspecified atom stereocenters. The van der Waals surface area contributed by atoms with Gasteiger partial charge in [0.05, 0.1) is 11.7 Å². The largest absolute Gasteiger partial charge is 0.318 e. The van der Waals surface area contributed by atoms with Crippen molar-refractivity contribution in [1.29, 1.82) is 0 Å². The third-order valence-corrected chi connectivity index (χ3v) is 4.02. The van der Waals surface area contributed by atoms with Gasteiger partial charge >= 0.3 is 0 Å². The van der Waals surface area contributed by atoms with E-state index in [1.54, 1.807) is 17.5 Å². The summed E-state index contributed by atoms with van der Waals surface area (Å²) < 4.78 is 0. The number of nitrogens with zero attached hydrogens (tertiary/aromatic N) is 2. The zero-order chi connectivity index (χ0) is 12.4. The SMILES string of the molecule is CCc1nc(C(N)c2cnccc2C)sc1C. The maximum Gasteiger partial charge on any atom is 0.115 e. The summed E-state index contributed by atoms with van der Waals surface area (Å²) in [5.74, 6) is 0. The summed E-state index contributed by atoms with van der Waals surface area (Å²) in [5, 5.41) is 0.982. The molecule has 2 N–H and O–H groups in total. The normalized spacial score (nSPS) is 12.7. The summed E-state index contributed by atoms with van der Waals surface area (Å²) in [4.78, 5) is 10.0. The van der Waals surface area contributed by atoms with E-state index in [1.165, 1.54) is 10.4 Å². The Morgan fingerprint density at radius 1 is 1.41 bits per heavy atom. The molecule has 0 saturated carbocycles. The smallest absolute Gasteiger partial charge is 0.115 e. The molecule has 90 valence electrons. The molecule has 0 aliphatic rings. The van der Waals surface area contributed by atoms with E-state index in [0.29, 0.717) is 0 Å². The summed E-state index contributed by atoms with van der Waals surface area (Å²) >= 11 is 1.69. The van der Waals surface area contributed by atoms with Crippen LogP contribution in [0.1, 0.15) is 39.7 Å². The van der Waals surface area contributed by atoms with E-state index in [-0.39, 0.29) is 6.04 Å². The molecule has 3 nitrogen and oxygen atoms in total. The molecule has 2 heterocycles. The van der Waals surface area contributed by atoms with E-state index in [2.05, 4.69) is 30.7 Å². The Morgan fingerprint density at radius 3 is 2.76 bits per heavy atom. The summed E-state index contributed by atoms with van der Waals surface area (Å²) in [6.45, 7) is 6.27. The molecule has 0 amide bonds. The summed E-state index contributed by atoms with van der Waals surface area (Å²) in [6, 6.07) is 1.82. The highest BCUT2D eigenvalue weighted by Gasteiger charge is 2.16. The van der Waals surface area contributed by atoms with Gasteiger partial charge in [-0.3, -0.25) is 4.98 Å². The number of nitrogens with two attached hydrogens (primary N) is 1. The Bertz CT molecular complexity index is 519. The van der Waals surface area contributed by atoms with Gasteiger partial charge in [0.25, 0.3) is 0 Å². The molecule has 2 rings (SSSR count). The molecule has 4 heteroatoms. The van der Waals surface area contributed by atoms with Crippen LogP contribution < -0.4 is 5.73 Å². The van der Waals surface area contributed by atoms with Crippen molar-refractivity contribution in [2.24, 2.45) is 5.73 Å². The van der Waals surface area contributed by atoms with Crippen LogP contribution in [-0.4, -0.2) is 9.97 Å². The van der Waals surface area contributed by atoms with Gasteiger partial charge in [-0.05, 0) is 37.5 Å². The lowest BCUT2D eigenvalue weighted by atomic mass is 10.1. The first kappa shape index (κ1) is 12.2. The van der Waals surface area contributed by atoms with Crippen LogP contribution in [-0.2, 0) is 6.42 Å². The van der Waals surface area contributed by atoms with Gasteiger partial charge in [-0.2, -0.15) is 0 Å². The second-order valence-electron chi connectivity index (χ2n) is 4.12. The molecule has 0 fully saturated rings. The van der Waals surface area contributed by atoms with Gasteiger partial charge in [-0.1, -0.05) is 6.92 Å². The van der Waals surface area contributed by atoms with Crippen molar-refractivity contribution in [3.05, 3.63) is 45.2 Å². The quantitative estimate of drug-likeness (QED) is 0.907. The van der Waals surface area contributed by atoms with Crippen molar-refractivity contribution in [3.63, 3.8) is 0 Å². The molecule has 17 heavy (non-hydrogen) atoms. The summed E-state index contributed by atoms with van der Waals surface area (Å²) in [5.41, 5.74) is 9.64. The number of hydrogen-bond acceptors (Lipinski definition) is 4. The van der Waals surface area contributed by atoms with Crippen LogP contribution in [0.15, 0.2) is 18.5 Å². The number of pyridine rings is 1. The van der Waals surface area contributed by atoms with Crippen LogP contribution in [0.5, 0.6) is 0 Å². The molecule has 0 spiro atoms. The van der Waals surface area contributed by atoms with Crippen molar-refractivity contribution < 1.29 is 0 Å². The van der Waals surface area contributed by atoms with Gasteiger partial charge in [0, 0.05) is 17.3 Å². The Balaban J connectivity index is 2.37. The first-order valence-electron chi connectivity index (χ1n) is 5.75. The van der Waals surface area contributed by atoms with Gasteiger partial charge in [-0.25, -0.2) is 4.98 Å². The molecule has 1 atom stereocenters. The van der Waals surface area contributed by atoms with Crippen LogP contribution >= 0.6 is 11.3 Å². The molecule has 0 saturated heterocycles. The van der Waals surface area contributed by atoms with Gasteiger partial charge in [0.2, 0.25) is 0 Å². The fourth-order valence-electron chi connectivity index (χ4n) is 1.85. The average molecular weight is 247 g/mol. The minimum Gasteiger partial charge on any atom is -0.318 e. The van der Waals surface area contributed by atoms with Gasteiger partial charge < -0.3 is 5.73 Å². The molecule has 0 aliphatic carbocycles. The minimum absolute atomic E-state index is 0.160. The second-order valence-corrected chi connectivity index (χ2v) is 5.35. The van der Waals surface area contributed by atoms with Gasteiger partial charge in [-0.15, -0.1) is 11.3 Å². The zero-order valence-corrected chi connectivity index (χ0v) is 11.2. The Hall–Kier alpha value is -1.26. The average Bonchev–Trinajstić information content (AvgIpc) is 2.70. The Kier molecular flexibility index (Phi) is 3.54. The maximum absolute atomic E-state index is 6.26. The van der Waals surface area contributed by atoms with Crippen molar-refractivity contribution in [2.75, 3.05) is 0 Å². The molecule has 0 radical (unpaired) electrons. The molecule has 0 bridgehead atoms. The first-order valence-corrected chi connectivity index (χ1v) is 6.57. The van der Waals surface area contributed by atoms with Crippen molar-refractivity contribution in [1.82, 2.24) is 9.97 Å². The van der Waals surface area contributed by atoms with Crippen LogP contribution in [0.2, 0.25) is 0 Å². The predicted octanol–water partition coefficient (Wildman–Crippen LogP) is 2.77. The number of aryl methyl sites for hydroxylation is 3. The van der Waals surface area contributed by atoms with E-state index in [0.717, 1.165) is 22.7 Å². The second kappa shape index (κ2) is 4.94. The fourth-order valence-corrected chi connectivity index (χ4v) is 2.88. The lowest BCUT2D eigenvalue weighted by Crippen LogP contribution is -2.13. The van der Waals surface area contributed by atoms with E-state index in [9.17, 15) is 0 Å². The topological polar surface area (TPSA) is 51.8 Å². The number of aromatic nitrogens is 2. The molecular weight excluding hydrogens is 230 g/mol. The third kappa shape index (κ3) is 2.37. The van der Waals surface area contributed by atoms with E-state index >= 15 is 0 Å². The molecule has 0 aliphatic heterocycles. The lowest BCUT2D eigenvalue weighted by Gasteiger charge is -2.10. The molecule has 0 aromatic carbocycles. The van der Waals surface area contributed by atoms with E-state index in [1.807, 2.05) is 12.3 Å². The molecule has 2 aromatic rings. The first-order chi connectivity index (χ1) is 8.13. The van der Waals surface area contributed by atoms with Crippen molar-refractivity contribution in [2.45, 2.75) is 33.2 Å². The minimum atomic E-state index is -0.160. The van der Waals surface area contributed by atoms with Crippen molar-refractivity contribution in [3.8, 4) is 0 Å². The van der Waals surface area contributed by atoms with Crippen LogP contribution in [0.3, 0.4) is 0 Å². The highest BCUT2D eigenvalue weighted by molar-refractivity contribution is 7.11. The monoisotopic (exact) mass is 247 g/mol. The van der Waals surface area contributed by atoms with Crippen LogP contribution in [0.25, 0.3) is 0 Å². The standard InChI is InChI=1S/C13H17N3S/c1-4-11-9(3)17-13(16-11)12(14)10-7-15-6-5-8(10)2/h5-7,12H,4,14H2,1-3H3. The van der Waals surface area contributed by atoms with Crippen LogP contribution in [0.4, 0.5) is 0 Å². The van der Waals surface area contributed by atoms with E-state index in [4.69, 9.17) is 5.73 Å². The molecular formula is C13H17N3S. The summed E-state index contributed by atoms with van der Waals surface area (Å²) in [6.07, 6.45) is 4.58. The summed E-state index contributed by atoms with van der Waals surface area (Å²) in [7, 11) is 0. The van der Waals surface area contributed by atoms with Gasteiger partial charge in [0.15, 0.2) is 0 Å².